The highest BCUT2D eigenvalue weighted by atomic mass is 35.5. The van der Waals surface area contributed by atoms with Crippen LogP contribution in [0.4, 0.5) is 10.1 Å². The van der Waals surface area contributed by atoms with Crippen LogP contribution < -0.4 is 10.2 Å². The molecular weight excluding hydrogens is 421 g/mol. The van der Waals surface area contributed by atoms with Crippen molar-refractivity contribution in [2.45, 2.75) is 38.1 Å². The Morgan fingerprint density at radius 1 is 1.23 bits per heavy atom. The Hall–Kier alpha value is -3.00. The standard InChI is InChI=1S/C22H21ClFN5O2/c23-16-11-13(24)1-2-17(16)29-10-7-22(21(29)31)5-3-14(4-6-22)28-20(30)15-12-27-19-18(15)25-8-9-26-19/h1-2,8-9,11-12,14H,3-7,10H2,(H,26,27)(H,28,30)/t14-,22-. The fourth-order valence-electron chi connectivity index (χ4n) is 4.82. The number of hydrogen-bond acceptors (Lipinski definition) is 4. The minimum atomic E-state index is -0.439. The van der Waals surface area contributed by atoms with E-state index in [0.717, 1.165) is 19.3 Å². The molecule has 0 bridgehead atoms. The predicted octanol–water partition coefficient (Wildman–Crippen LogP) is 3.85. The van der Waals surface area contributed by atoms with Gasteiger partial charge in [0.1, 0.15) is 11.3 Å². The van der Waals surface area contributed by atoms with Crippen molar-refractivity contribution >= 4 is 40.3 Å². The van der Waals surface area contributed by atoms with E-state index in [1.807, 2.05) is 0 Å². The molecule has 1 aromatic carbocycles. The molecule has 1 aliphatic carbocycles. The van der Waals surface area contributed by atoms with Crippen molar-refractivity contribution in [3.8, 4) is 0 Å². The lowest BCUT2D eigenvalue weighted by molar-refractivity contribution is -0.127. The van der Waals surface area contributed by atoms with Gasteiger partial charge < -0.3 is 15.2 Å². The van der Waals surface area contributed by atoms with Gasteiger partial charge in [-0.2, -0.15) is 0 Å². The van der Waals surface area contributed by atoms with Crippen molar-refractivity contribution in [1.29, 1.82) is 0 Å². The number of nitrogens with zero attached hydrogens (tertiary/aromatic N) is 3. The molecule has 2 amide bonds. The number of amides is 2. The zero-order valence-electron chi connectivity index (χ0n) is 16.7. The Balaban J connectivity index is 1.25. The number of benzene rings is 1. The highest BCUT2D eigenvalue weighted by Gasteiger charge is 2.49. The molecule has 1 saturated carbocycles. The van der Waals surface area contributed by atoms with E-state index in [-0.39, 0.29) is 22.9 Å². The van der Waals surface area contributed by atoms with Crippen molar-refractivity contribution in [3.05, 3.63) is 53.2 Å². The van der Waals surface area contributed by atoms with Crippen LogP contribution in [-0.4, -0.2) is 39.4 Å². The van der Waals surface area contributed by atoms with Gasteiger partial charge in [0.05, 0.1) is 21.7 Å². The van der Waals surface area contributed by atoms with Crippen molar-refractivity contribution in [1.82, 2.24) is 20.3 Å². The van der Waals surface area contributed by atoms with Gasteiger partial charge in [0.2, 0.25) is 5.91 Å². The van der Waals surface area contributed by atoms with Crippen molar-refractivity contribution < 1.29 is 14.0 Å². The maximum Gasteiger partial charge on any atom is 0.255 e. The third-order valence-electron chi connectivity index (χ3n) is 6.54. The SMILES string of the molecule is O=C(N[C@H]1CC[C@@]2(CCN(c3ccc(F)cc3Cl)C2=O)CC1)c1c[nH]c2nccnc12. The van der Waals surface area contributed by atoms with Crippen LogP contribution >= 0.6 is 11.6 Å². The number of halogens is 2. The molecule has 5 rings (SSSR count). The number of nitrogens with one attached hydrogen (secondary N) is 2. The van der Waals surface area contributed by atoms with Gasteiger partial charge in [0.25, 0.3) is 5.91 Å². The summed E-state index contributed by atoms with van der Waals surface area (Å²) < 4.78 is 13.4. The van der Waals surface area contributed by atoms with E-state index in [0.29, 0.717) is 41.8 Å². The largest absolute Gasteiger partial charge is 0.349 e. The topological polar surface area (TPSA) is 91.0 Å². The molecule has 2 fully saturated rings. The Kier molecular flexibility index (Phi) is 4.89. The van der Waals surface area contributed by atoms with E-state index < -0.39 is 11.2 Å². The average molecular weight is 442 g/mol. The predicted molar refractivity (Wildman–Crippen MR) is 114 cm³/mol. The maximum absolute atomic E-state index is 13.4. The average Bonchev–Trinajstić information content (AvgIpc) is 3.33. The minimum Gasteiger partial charge on any atom is -0.349 e. The van der Waals surface area contributed by atoms with Crippen LogP contribution in [0.1, 0.15) is 42.5 Å². The first kappa shape index (κ1) is 19.9. The summed E-state index contributed by atoms with van der Waals surface area (Å²) in [6, 6.07) is 4.11. The Bertz CT molecular complexity index is 1170. The second-order valence-corrected chi connectivity index (χ2v) is 8.69. The highest BCUT2D eigenvalue weighted by molar-refractivity contribution is 6.34. The van der Waals surface area contributed by atoms with E-state index in [9.17, 15) is 14.0 Å². The van der Waals surface area contributed by atoms with Crippen LogP contribution in [0.25, 0.3) is 11.2 Å². The number of carbonyl (C=O) groups excluding carboxylic acids is 2. The molecule has 7 nitrogen and oxygen atoms in total. The number of rotatable bonds is 3. The van der Waals surface area contributed by atoms with Crippen LogP contribution in [0.15, 0.2) is 36.8 Å². The Morgan fingerprint density at radius 2 is 2.00 bits per heavy atom. The van der Waals surface area contributed by atoms with E-state index in [1.165, 1.54) is 12.1 Å². The number of anilines is 1. The third kappa shape index (κ3) is 3.44. The van der Waals surface area contributed by atoms with Gasteiger partial charge >= 0.3 is 0 Å². The van der Waals surface area contributed by atoms with Crippen LogP contribution in [0.3, 0.4) is 0 Å². The molecule has 1 aliphatic heterocycles. The van der Waals surface area contributed by atoms with Crippen molar-refractivity contribution in [3.63, 3.8) is 0 Å². The molecule has 1 saturated heterocycles. The second-order valence-electron chi connectivity index (χ2n) is 8.29. The van der Waals surface area contributed by atoms with Gasteiger partial charge in [-0.3, -0.25) is 14.6 Å². The van der Waals surface area contributed by atoms with Gasteiger partial charge in [-0.25, -0.2) is 9.37 Å². The van der Waals surface area contributed by atoms with E-state index in [4.69, 9.17) is 11.6 Å². The fraction of sp³-hybridized carbons (Fsp3) is 0.364. The molecule has 2 aromatic heterocycles. The molecule has 2 N–H and O–H groups in total. The van der Waals surface area contributed by atoms with E-state index in [2.05, 4.69) is 20.3 Å². The molecule has 0 atom stereocenters. The normalized spacial score (nSPS) is 23.6. The highest BCUT2D eigenvalue weighted by Crippen LogP contribution is 2.47. The number of aromatic amines is 1. The summed E-state index contributed by atoms with van der Waals surface area (Å²) in [5.41, 5.74) is 1.71. The number of carbonyl (C=O) groups is 2. The fourth-order valence-corrected chi connectivity index (χ4v) is 5.08. The Morgan fingerprint density at radius 3 is 2.77 bits per heavy atom. The monoisotopic (exact) mass is 441 g/mol. The van der Waals surface area contributed by atoms with E-state index in [1.54, 1.807) is 29.6 Å². The summed E-state index contributed by atoms with van der Waals surface area (Å²) in [6.45, 7) is 0.565. The zero-order valence-corrected chi connectivity index (χ0v) is 17.5. The van der Waals surface area contributed by atoms with Crippen LogP contribution in [0.2, 0.25) is 5.02 Å². The lowest BCUT2D eigenvalue weighted by Crippen LogP contribution is -2.43. The Labute approximate surface area is 183 Å². The lowest BCUT2D eigenvalue weighted by Gasteiger charge is -2.36. The summed E-state index contributed by atoms with van der Waals surface area (Å²) in [5, 5.41) is 3.32. The summed E-state index contributed by atoms with van der Waals surface area (Å²) in [4.78, 5) is 39.0. The minimum absolute atomic E-state index is 0.00370. The molecule has 1 spiro atoms. The summed E-state index contributed by atoms with van der Waals surface area (Å²) in [5.74, 6) is -0.574. The molecule has 3 aromatic rings. The maximum atomic E-state index is 13.4. The molecule has 0 unspecified atom stereocenters. The van der Waals surface area contributed by atoms with Gasteiger partial charge in [0.15, 0.2) is 5.65 Å². The number of hydrogen-bond donors (Lipinski definition) is 2. The van der Waals surface area contributed by atoms with Crippen molar-refractivity contribution in [2.75, 3.05) is 11.4 Å². The molecule has 3 heterocycles. The molecule has 160 valence electrons. The molecule has 9 heteroatoms. The third-order valence-corrected chi connectivity index (χ3v) is 6.85. The van der Waals surface area contributed by atoms with Gasteiger partial charge in [0, 0.05) is 31.2 Å². The van der Waals surface area contributed by atoms with E-state index >= 15 is 0 Å². The first-order valence-corrected chi connectivity index (χ1v) is 10.7. The second kappa shape index (κ2) is 7.60. The lowest BCUT2D eigenvalue weighted by atomic mass is 9.71. The number of aromatic nitrogens is 3. The van der Waals surface area contributed by atoms with Crippen LogP contribution in [0.5, 0.6) is 0 Å². The smallest absolute Gasteiger partial charge is 0.255 e. The molecule has 0 radical (unpaired) electrons. The quantitative estimate of drug-likeness (QED) is 0.646. The molecule has 31 heavy (non-hydrogen) atoms. The molecule has 2 aliphatic rings. The summed E-state index contributed by atoms with van der Waals surface area (Å²) in [7, 11) is 0. The van der Waals surface area contributed by atoms with Crippen LogP contribution in [-0.2, 0) is 4.79 Å². The summed E-state index contributed by atoms with van der Waals surface area (Å²) >= 11 is 6.18. The summed E-state index contributed by atoms with van der Waals surface area (Å²) in [6.07, 6.45) is 8.31. The first-order chi connectivity index (χ1) is 15.0. The van der Waals surface area contributed by atoms with Gasteiger partial charge in [-0.15, -0.1) is 0 Å². The molecular formula is C22H21ClFN5O2. The number of fused-ring (bicyclic) bond motifs is 1. The van der Waals surface area contributed by atoms with Gasteiger partial charge in [-0.05, 0) is 50.3 Å². The number of H-pyrrole nitrogens is 1. The van der Waals surface area contributed by atoms with Crippen LogP contribution in [0, 0.1) is 11.2 Å². The van der Waals surface area contributed by atoms with Gasteiger partial charge in [-0.1, -0.05) is 11.6 Å². The zero-order chi connectivity index (χ0) is 21.6. The first-order valence-electron chi connectivity index (χ1n) is 10.3. The van der Waals surface area contributed by atoms with Crippen molar-refractivity contribution in [2.24, 2.45) is 5.41 Å².